The number of methoxy groups -OCH3 is 1. The minimum absolute atomic E-state index is 0.603. The average molecular weight is 248 g/mol. The fourth-order valence-electron chi connectivity index (χ4n) is 2.84. The van der Waals surface area contributed by atoms with E-state index in [1.807, 2.05) is 0 Å². The summed E-state index contributed by atoms with van der Waals surface area (Å²) in [5.41, 5.74) is 3.88. The number of aryl methyl sites for hydroxylation is 2. The molecule has 0 bridgehead atoms. The Labute approximate surface area is 110 Å². The monoisotopic (exact) mass is 248 g/mol. The first-order chi connectivity index (χ1) is 8.61. The largest absolute Gasteiger partial charge is 0.496 e. The van der Waals surface area contributed by atoms with E-state index in [0.717, 1.165) is 31.8 Å². The molecule has 1 aromatic rings. The topological polar surface area (TPSA) is 24.5 Å². The summed E-state index contributed by atoms with van der Waals surface area (Å²) in [6.45, 7) is 7.57. The van der Waals surface area contributed by atoms with E-state index >= 15 is 0 Å². The molecule has 0 saturated carbocycles. The van der Waals surface area contributed by atoms with Crippen LogP contribution in [-0.4, -0.2) is 44.7 Å². The number of rotatable bonds is 3. The van der Waals surface area contributed by atoms with E-state index in [0.29, 0.717) is 6.04 Å². The molecular weight excluding hydrogens is 224 g/mol. The van der Waals surface area contributed by atoms with Crippen molar-refractivity contribution >= 4 is 0 Å². The molecule has 3 nitrogen and oxygen atoms in total. The molecule has 1 saturated heterocycles. The van der Waals surface area contributed by atoms with Crippen LogP contribution in [0, 0.1) is 13.8 Å². The lowest BCUT2D eigenvalue weighted by Gasteiger charge is -2.33. The molecule has 0 aliphatic carbocycles. The predicted octanol–water partition coefficient (Wildman–Crippen LogP) is 1.76. The standard InChI is InChI=1S/C15H24N2O/c1-11-7-13(8-12(2)15(11)18-4)9-14-10-16-5-6-17(14)3/h7-8,14,16H,5-6,9-10H2,1-4H3. The Balaban J connectivity index is 2.14. The van der Waals surface area contributed by atoms with Crippen LogP contribution in [0.4, 0.5) is 0 Å². The van der Waals surface area contributed by atoms with Gasteiger partial charge in [-0.3, -0.25) is 0 Å². The van der Waals surface area contributed by atoms with Gasteiger partial charge in [0.1, 0.15) is 5.75 Å². The molecule has 3 heteroatoms. The number of ether oxygens (including phenoxy) is 1. The molecular formula is C15H24N2O. The van der Waals surface area contributed by atoms with Crippen LogP contribution in [-0.2, 0) is 6.42 Å². The van der Waals surface area contributed by atoms with Gasteiger partial charge < -0.3 is 15.0 Å². The lowest BCUT2D eigenvalue weighted by atomic mass is 9.98. The minimum atomic E-state index is 0.603. The third kappa shape index (κ3) is 2.85. The molecule has 1 N–H and O–H groups in total. The number of nitrogens with one attached hydrogen (secondary N) is 1. The van der Waals surface area contributed by atoms with Crippen LogP contribution in [0.5, 0.6) is 5.75 Å². The zero-order chi connectivity index (χ0) is 13.1. The van der Waals surface area contributed by atoms with Gasteiger partial charge in [-0.15, -0.1) is 0 Å². The SMILES string of the molecule is COc1c(C)cc(CC2CNCCN2C)cc1C. The lowest BCUT2D eigenvalue weighted by molar-refractivity contribution is 0.199. The van der Waals surface area contributed by atoms with Crippen LogP contribution >= 0.6 is 0 Å². The molecule has 0 amide bonds. The van der Waals surface area contributed by atoms with Crippen molar-refractivity contribution in [1.82, 2.24) is 10.2 Å². The Morgan fingerprint density at radius 3 is 2.56 bits per heavy atom. The van der Waals surface area contributed by atoms with Crippen molar-refractivity contribution in [3.63, 3.8) is 0 Å². The zero-order valence-electron chi connectivity index (χ0n) is 11.9. The summed E-state index contributed by atoms with van der Waals surface area (Å²) in [6.07, 6.45) is 1.11. The van der Waals surface area contributed by atoms with Gasteiger partial charge in [0.25, 0.3) is 0 Å². The van der Waals surface area contributed by atoms with Crippen molar-refractivity contribution in [3.8, 4) is 5.75 Å². The average Bonchev–Trinajstić information content (AvgIpc) is 2.32. The lowest BCUT2D eigenvalue weighted by Crippen LogP contribution is -2.50. The predicted molar refractivity (Wildman–Crippen MR) is 75.5 cm³/mol. The van der Waals surface area contributed by atoms with Crippen molar-refractivity contribution in [2.24, 2.45) is 0 Å². The van der Waals surface area contributed by atoms with Gasteiger partial charge in [-0.2, -0.15) is 0 Å². The van der Waals surface area contributed by atoms with Gasteiger partial charge in [-0.05, 0) is 44.0 Å². The van der Waals surface area contributed by atoms with Gasteiger partial charge in [0.2, 0.25) is 0 Å². The Bertz CT molecular complexity index is 394. The van der Waals surface area contributed by atoms with Crippen LogP contribution in [0.1, 0.15) is 16.7 Å². The Hall–Kier alpha value is -1.06. The molecule has 100 valence electrons. The van der Waals surface area contributed by atoms with Crippen molar-refractivity contribution in [2.75, 3.05) is 33.8 Å². The van der Waals surface area contributed by atoms with Crippen LogP contribution in [0.25, 0.3) is 0 Å². The van der Waals surface area contributed by atoms with E-state index in [2.05, 4.69) is 43.2 Å². The smallest absolute Gasteiger partial charge is 0.124 e. The van der Waals surface area contributed by atoms with E-state index in [1.54, 1.807) is 7.11 Å². The summed E-state index contributed by atoms with van der Waals surface area (Å²) < 4.78 is 5.42. The second-order valence-corrected chi connectivity index (χ2v) is 5.31. The van der Waals surface area contributed by atoms with Crippen LogP contribution in [0.2, 0.25) is 0 Å². The number of hydrogen-bond donors (Lipinski definition) is 1. The molecule has 2 rings (SSSR count). The summed E-state index contributed by atoms with van der Waals surface area (Å²) in [6, 6.07) is 5.12. The van der Waals surface area contributed by atoms with Gasteiger partial charge in [-0.1, -0.05) is 12.1 Å². The van der Waals surface area contributed by atoms with E-state index < -0.39 is 0 Å². The molecule has 1 atom stereocenters. The molecule has 1 unspecified atom stereocenters. The third-order valence-electron chi connectivity index (χ3n) is 3.84. The van der Waals surface area contributed by atoms with E-state index in [9.17, 15) is 0 Å². The highest BCUT2D eigenvalue weighted by Crippen LogP contribution is 2.25. The quantitative estimate of drug-likeness (QED) is 0.882. The summed E-state index contributed by atoms with van der Waals surface area (Å²) in [7, 11) is 3.96. The Kier molecular flexibility index (Phi) is 4.25. The molecule has 1 aliphatic rings. The van der Waals surface area contributed by atoms with Crippen LogP contribution in [0.15, 0.2) is 12.1 Å². The van der Waals surface area contributed by atoms with E-state index in [-0.39, 0.29) is 0 Å². The maximum Gasteiger partial charge on any atom is 0.124 e. The first-order valence-electron chi connectivity index (χ1n) is 6.67. The number of nitrogens with zero attached hydrogens (tertiary/aromatic N) is 1. The molecule has 0 radical (unpaired) electrons. The van der Waals surface area contributed by atoms with Crippen molar-refractivity contribution in [1.29, 1.82) is 0 Å². The normalized spacial score (nSPS) is 21.0. The fourth-order valence-corrected chi connectivity index (χ4v) is 2.84. The maximum atomic E-state index is 5.42. The minimum Gasteiger partial charge on any atom is -0.496 e. The van der Waals surface area contributed by atoms with Crippen molar-refractivity contribution in [2.45, 2.75) is 26.3 Å². The second-order valence-electron chi connectivity index (χ2n) is 5.31. The summed E-state index contributed by atoms with van der Waals surface area (Å²) >= 11 is 0. The van der Waals surface area contributed by atoms with Crippen LogP contribution in [0.3, 0.4) is 0 Å². The van der Waals surface area contributed by atoms with E-state index in [4.69, 9.17) is 4.74 Å². The number of hydrogen-bond acceptors (Lipinski definition) is 3. The highest BCUT2D eigenvalue weighted by atomic mass is 16.5. The number of piperazine rings is 1. The van der Waals surface area contributed by atoms with Crippen molar-refractivity contribution < 1.29 is 4.74 Å². The molecule has 18 heavy (non-hydrogen) atoms. The van der Waals surface area contributed by atoms with Gasteiger partial charge >= 0.3 is 0 Å². The molecule has 1 fully saturated rings. The first kappa shape index (κ1) is 13.4. The van der Waals surface area contributed by atoms with Gasteiger partial charge in [0.15, 0.2) is 0 Å². The van der Waals surface area contributed by atoms with Crippen LogP contribution < -0.4 is 10.1 Å². The molecule has 0 aromatic heterocycles. The molecule has 0 spiro atoms. The van der Waals surface area contributed by atoms with Crippen molar-refractivity contribution in [3.05, 3.63) is 28.8 Å². The second kappa shape index (κ2) is 5.72. The molecule has 1 aliphatic heterocycles. The zero-order valence-corrected chi connectivity index (χ0v) is 11.9. The van der Waals surface area contributed by atoms with Gasteiger partial charge in [-0.25, -0.2) is 0 Å². The summed E-state index contributed by atoms with van der Waals surface area (Å²) in [5.74, 6) is 1.02. The molecule has 1 heterocycles. The van der Waals surface area contributed by atoms with E-state index in [1.165, 1.54) is 16.7 Å². The first-order valence-corrected chi connectivity index (χ1v) is 6.67. The highest BCUT2D eigenvalue weighted by molar-refractivity contribution is 5.43. The fraction of sp³-hybridized carbons (Fsp3) is 0.600. The summed E-state index contributed by atoms with van der Waals surface area (Å²) in [5, 5.41) is 3.47. The Morgan fingerprint density at radius 1 is 1.33 bits per heavy atom. The highest BCUT2D eigenvalue weighted by Gasteiger charge is 2.19. The Morgan fingerprint density at radius 2 is 2.00 bits per heavy atom. The van der Waals surface area contributed by atoms with Gasteiger partial charge in [0, 0.05) is 25.7 Å². The summed E-state index contributed by atoms with van der Waals surface area (Å²) in [4.78, 5) is 2.45. The maximum absolute atomic E-state index is 5.42. The number of likely N-dealkylation sites (N-methyl/N-ethyl adjacent to an activating group) is 1. The number of benzene rings is 1. The third-order valence-corrected chi connectivity index (χ3v) is 3.84. The van der Waals surface area contributed by atoms with Gasteiger partial charge in [0.05, 0.1) is 7.11 Å². The molecule has 1 aromatic carbocycles.